The summed E-state index contributed by atoms with van der Waals surface area (Å²) in [6.07, 6.45) is 8.10. The van der Waals surface area contributed by atoms with Gasteiger partial charge in [-0.3, -0.25) is 0 Å². The third-order valence-electron chi connectivity index (χ3n) is 5.28. The number of nitrogens with two attached hydrogens (primary N) is 1. The molecule has 3 nitrogen and oxygen atoms in total. The standard InChI is InChI=1S/C17H36N2O/c1-5-15(9-12-20)19-17(13-18)10-6-7-14(8-11-17)16(2,3)4/h14-15,19-20H,5-13,18H2,1-4H3. The van der Waals surface area contributed by atoms with E-state index in [4.69, 9.17) is 5.73 Å². The van der Waals surface area contributed by atoms with Gasteiger partial charge in [-0.25, -0.2) is 0 Å². The lowest BCUT2D eigenvalue weighted by atomic mass is 9.76. The first-order chi connectivity index (χ1) is 9.37. The van der Waals surface area contributed by atoms with Gasteiger partial charge in [0.2, 0.25) is 0 Å². The van der Waals surface area contributed by atoms with Crippen molar-refractivity contribution in [3.63, 3.8) is 0 Å². The molecule has 4 N–H and O–H groups in total. The van der Waals surface area contributed by atoms with Gasteiger partial charge in [-0.05, 0) is 49.9 Å². The van der Waals surface area contributed by atoms with Crippen molar-refractivity contribution in [2.45, 2.75) is 84.2 Å². The topological polar surface area (TPSA) is 58.3 Å². The van der Waals surface area contributed by atoms with Crippen molar-refractivity contribution in [2.24, 2.45) is 17.1 Å². The summed E-state index contributed by atoms with van der Waals surface area (Å²) in [7, 11) is 0. The Hall–Kier alpha value is -0.120. The highest BCUT2D eigenvalue weighted by Crippen LogP contribution is 2.39. The average Bonchev–Trinajstić information content (AvgIpc) is 2.61. The van der Waals surface area contributed by atoms with Crippen molar-refractivity contribution >= 4 is 0 Å². The lowest BCUT2D eigenvalue weighted by Gasteiger charge is -2.37. The SMILES string of the molecule is CCC(CCO)NC1(CN)CCCC(C(C)(C)C)CC1. The predicted molar refractivity (Wildman–Crippen MR) is 86.7 cm³/mol. The quantitative estimate of drug-likeness (QED) is 0.657. The molecular weight excluding hydrogens is 248 g/mol. The third kappa shape index (κ3) is 5.01. The molecule has 0 heterocycles. The molecule has 0 bridgehead atoms. The maximum atomic E-state index is 9.19. The van der Waals surface area contributed by atoms with Crippen molar-refractivity contribution < 1.29 is 5.11 Å². The molecule has 0 spiro atoms. The van der Waals surface area contributed by atoms with E-state index in [0.29, 0.717) is 18.0 Å². The molecule has 0 aromatic carbocycles. The fourth-order valence-electron chi connectivity index (χ4n) is 3.65. The molecule has 1 aliphatic rings. The summed E-state index contributed by atoms with van der Waals surface area (Å²) in [6, 6.07) is 0.398. The Labute approximate surface area is 125 Å². The van der Waals surface area contributed by atoms with Crippen molar-refractivity contribution in [3.05, 3.63) is 0 Å². The third-order valence-corrected chi connectivity index (χ3v) is 5.28. The number of aliphatic hydroxyl groups is 1. The van der Waals surface area contributed by atoms with Crippen molar-refractivity contribution in [1.82, 2.24) is 5.32 Å². The average molecular weight is 284 g/mol. The highest BCUT2D eigenvalue weighted by Gasteiger charge is 2.36. The fourth-order valence-corrected chi connectivity index (χ4v) is 3.65. The number of rotatable bonds is 6. The minimum absolute atomic E-state index is 0.0931. The highest BCUT2D eigenvalue weighted by molar-refractivity contribution is 4.95. The smallest absolute Gasteiger partial charge is 0.0445 e. The second kappa shape index (κ2) is 7.77. The second-order valence-corrected chi connectivity index (χ2v) is 7.74. The number of nitrogens with one attached hydrogen (secondary N) is 1. The van der Waals surface area contributed by atoms with E-state index in [2.05, 4.69) is 33.0 Å². The first-order valence-electron chi connectivity index (χ1n) is 8.45. The molecule has 0 amide bonds. The molecule has 1 aliphatic carbocycles. The normalized spacial score (nSPS) is 30.0. The molecular formula is C17H36N2O. The summed E-state index contributed by atoms with van der Waals surface area (Å²) >= 11 is 0. The van der Waals surface area contributed by atoms with Crippen LogP contribution in [0.5, 0.6) is 0 Å². The Balaban J connectivity index is 2.69. The Morgan fingerprint density at radius 1 is 1.30 bits per heavy atom. The van der Waals surface area contributed by atoms with E-state index in [-0.39, 0.29) is 12.1 Å². The largest absolute Gasteiger partial charge is 0.396 e. The minimum atomic E-state index is 0.0931. The van der Waals surface area contributed by atoms with Crippen LogP contribution in [0.15, 0.2) is 0 Å². The van der Waals surface area contributed by atoms with Crippen LogP contribution in [0.4, 0.5) is 0 Å². The number of hydrogen-bond donors (Lipinski definition) is 3. The highest BCUT2D eigenvalue weighted by atomic mass is 16.3. The van der Waals surface area contributed by atoms with Gasteiger partial charge in [-0.1, -0.05) is 34.1 Å². The van der Waals surface area contributed by atoms with E-state index in [1.54, 1.807) is 0 Å². The molecule has 120 valence electrons. The van der Waals surface area contributed by atoms with Gasteiger partial charge in [0.25, 0.3) is 0 Å². The first-order valence-corrected chi connectivity index (χ1v) is 8.45. The molecule has 1 saturated carbocycles. The maximum absolute atomic E-state index is 9.19. The summed E-state index contributed by atoms with van der Waals surface area (Å²) in [5.41, 5.74) is 6.63. The van der Waals surface area contributed by atoms with Crippen LogP contribution >= 0.6 is 0 Å². The van der Waals surface area contributed by atoms with Crippen molar-refractivity contribution in [2.75, 3.05) is 13.2 Å². The number of hydrogen-bond acceptors (Lipinski definition) is 3. The molecule has 1 fully saturated rings. The lowest BCUT2D eigenvalue weighted by Crippen LogP contribution is -2.55. The van der Waals surface area contributed by atoms with Gasteiger partial charge in [0.15, 0.2) is 0 Å². The van der Waals surface area contributed by atoms with E-state index in [1.165, 1.54) is 32.1 Å². The Bertz CT molecular complexity index is 275. The van der Waals surface area contributed by atoms with Crippen LogP contribution in [0.25, 0.3) is 0 Å². The minimum Gasteiger partial charge on any atom is -0.396 e. The van der Waals surface area contributed by atoms with Gasteiger partial charge in [0.1, 0.15) is 0 Å². The van der Waals surface area contributed by atoms with Crippen LogP contribution in [0.2, 0.25) is 0 Å². The molecule has 1 rings (SSSR count). The fraction of sp³-hybridized carbons (Fsp3) is 1.00. The van der Waals surface area contributed by atoms with Crippen LogP contribution < -0.4 is 11.1 Å². The van der Waals surface area contributed by atoms with E-state index >= 15 is 0 Å². The molecule has 3 heteroatoms. The zero-order valence-electron chi connectivity index (χ0n) is 14.0. The van der Waals surface area contributed by atoms with E-state index < -0.39 is 0 Å². The van der Waals surface area contributed by atoms with Crippen LogP contribution in [-0.4, -0.2) is 29.8 Å². The Morgan fingerprint density at radius 3 is 2.50 bits per heavy atom. The summed E-state index contributed by atoms with van der Waals surface area (Å²) in [5.74, 6) is 0.802. The zero-order valence-corrected chi connectivity index (χ0v) is 14.0. The van der Waals surface area contributed by atoms with Gasteiger partial charge in [-0.2, -0.15) is 0 Å². The molecule has 0 radical (unpaired) electrons. The first kappa shape index (κ1) is 17.9. The lowest BCUT2D eigenvalue weighted by molar-refractivity contribution is 0.192. The van der Waals surface area contributed by atoms with Gasteiger partial charge in [0, 0.05) is 24.7 Å². The van der Waals surface area contributed by atoms with Crippen molar-refractivity contribution in [3.8, 4) is 0 Å². The van der Waals surface area contributed by atoms with E-state index in [1.807, 2.05) is 0 Å². The van der Waals surface area contributed by atoms with Crippen LogP contribution in [0.1, 0.15) is 72.6 Å². The monoisotopic (exact) mass is 284 g/mol. The zero-order chi connectivity index (χ0) is 15.2. The summed E-state index contributed by atoms with van der Waals surface area (Å²) < 4.78 is 0. The molecule has 0 aliphatic heterocycles. The molecule has 0 aromatic heterocycles. The molecule has 0 saturated heterocycles. The second-order valence-electron chi connectivity index (χ2n) is 7.74. The molecule has 20 heavy (non-hydrogen) atoms. The van der Waals surface area contributed by atoms with Crippen LogP contribution in [-0.2, 0) is 0 Å². The summed E-state index contributed by atoms with van der Waals surface area (Å²) in [6.45, 7) is 10.2. The van der Waals surface area contributed by atoms with E-state index in [0.717, 1.165) is 18.8 Å². The molecule has 3 unspecified atom stereocenters. The molecule has 0 aromatic rings. The van der Waals surface area contributed by atoms with Gasteiger partial charge in [-0.15, -0.1) is 0 Å². The predicted octanol–water partition coefficient (Wildman–Crippen LogP) is 3.06. The van der Waals surface area contributed by atoms with Crippen LogP contribution in [0.3, 0.4) is 0 Å². The Kier molecular flexibility index (Phi) is 6.96. The maximum Gasteiger partial charge on any atom is 0.0445 e. The van der Waals surface area contributed by atoms with Gasteiger partial charge < -0.3 is 16.2 Å². The van der Waals surface area contributed by atoms with E-state index in [9.17, 15) is 5.11 Å². The molecule has 3 atom stereocenters. The van der Waals surface area contributed by atoms with Crippen LogP contribution in [0, 0.1) is 11.3 Å². The van der Waals surface area contributed by atoms with Gasteiger partial charge in [0.05, 0.1) is 0 Å². The summed E-state index contributed by atoms with van der Waals surface area (Å²) in [4.78, 5) is 0. The number of aliphatic hydroxyl groups excluding tert-OH is 1. The Morgan fingerprint density at radius 2 is 2.00 bits per heavy atom. The van der Waals surface area contributed by atoms with Crippen molar-refractivity contribution in [1.29, 1.82) is 0 Å². The summed E-state index contributed by atoms with van der Waals surface area (Å²) in [5, 5.41) is 13.0. The van der Waals surface area contributed by atoms with Gasteiger partial charge >= 0.3 is 0 Å².